The molecule has 0 radical (unpaired) electrons. The third-order valence-electron chi connectivity index (χ3n) is 5.50. The fraction of sp³-hybridized carbons (Fsp3) is 0.240. The van der Waals surface area contributed by atoms with Crippen LogP contribution in [-0.2, 0) is 24.8 Å². The van der Waals surface area contributed by atoms with E-state index in [1.165, 1.54) is 70.7 Å². The number of amides is 1. The highest BCUT2D eigenvalue weighted by atomic mass is 32.2. The largest absolute Gasteiger partial charge is 0.497 e. The Morgan fingerprint density at radius 2 is 1.39 bits per heavy atom. The lowest BCUT2D eigenvalue weighted by Gasteiger charge is -2.28. The lowest BCUT2D eigenvalue weighted by molar-refractivity contribution is -0.116. The van der Waals surface area contributed by atoms with Gasteiger partial charge in [0.2, 0.25) is 15.9 Å². The van der Waals surface area contributed by atoms with E-state index in [-0.39, 0.29) is 22.0 Å². The molecule has 1 atom stereocenters. The standard InChI is InChI=1S/C25H29N3O8S2/c1-17(28(37(5,30)31)19-8-10-20(34-2)11-9-19)25(29)26-18-6-13-22(14-7-18)38(32,33)27-23-16-21(35-3)12-15-24(23)36-4/h6-17,27H,1-5H3,(H,26,29)/t17-/m1/s1. The van der Waals surface area contributed by atoms with Gasteiger partial charge in [-0.2, -0.15) is 0 Å². The van der Waals surface area contributed by atoms with E-state index in [0.29, 0.717) is 17.2 Å². The zero-order chi connectivity index (χ0) is 28.1. The van der Waals surface area contributed by atoms with E-state index in [1.807, 2.05) is 0 Å². The number of benzene rings is 3. The van der Waals surface area contributed by atoms with E-state index in [9.17, 15) is 21.6 Å². The molecule has 0 heterocycles. The van der Waals surface area contributed by atoms with Gasteiger partial charge in [0.1, 0.15) is 23.3 Å². The molecule has 0 aliphatic heterocycles. The van der Waals surface area contributed by atoms with Gasteiger partial charge >= 0.3 is 0 Å². The second kappa shape index (κ2) is 11.6. The summed E-state index contributed by atoms with van der Waals surface area (Å²) in [5.41, 5.74) is 0.761. The first-order valence-electron chi connectivity index (χ1n) is 11.2. The Morgan fingerprint density at radius 1 is 0.816 bits per heavy atom. The molecule has 11 nitrogen and oxygen atoms in total. The highest BCUT2D eigenvalue weighted by Crippen LogP contribution is 2.31. The minimum absolute atomic E-state index is 0.0654. The Balaban J connectivity index is 1.78. The van der Waals surface area contributed by atoms with Crippen molar-refractivity contribution in [3.63, 3.8) is 0 Å². The van der Waals surface area contributed by atoms with Gasteiger partial charge in [-0.3, -0.25) is 13.8 Å². The number of methoxy groups -OCH3 is 3. The molecule has 38 heavy (non-hydrogen) atoms. The molecule has 1 amide bonds. The van der Waals surface area contributed by atoms with Gasteiger partial charge in [0.15, 0.2) is 0 Å². The first kappa shape index (κ1) is 28.6. The number of nitrogens with zero attached hydrogens (tertiary/aromatic N) is 1. The Morgan fingerprint density at radius 3 is 1.92 bits per heavy atom. The van der Waals surface area contributed by atoms with E-state index in [4.69, 9.17) is 14.2 Å². The van der Waals surface area contributed by atoms with Crippen molar-refractivity contribution in [2.45, 2.75) is 17.9 Å². The number of ether oxygens (including phenoxy) is 3. The first-order chi connectivity index (χ1) is 17.9. The van der Waals surface area contributed by atoms with Crippen LogP contribution in [0.1, 0.15) is 6.92 Å². The summed E-state index contributed by atoms with van der Waals surface area (Å²) >= 11 is 0. The molecule has 0 saturated heterocycles. The first-order valence-corrected chi connectivity index (χ1v) is 14.5. The Labute approximate surface area is 222 Å². The molecule has 13 heteroatoms. The van der Waals surface area contributed by atoms with E-state index in [0.717, 1.165) is 10.6 Å². The van der Waals surface area contributed by atoms with Crippen molar-refractivity contribution in [3.8, 4) is 17.2 Å². The molecule has 0 aliphatic carbocycles. The second-order valence-corrected chi connectivity index (χ2v) is 11.7. The molecule has 2 N–H and O–H groups in total. The van der Waals surface area contributed by atoms with Crippen LogP contribution in [0.15, 0.2) is 71.6 Å². The molecular weight excluding hydrogens is 534 g/mol. The van der Waals surface area contributed by atoms with Gasteiger partial charge in [-0.15, -0.1) is 0 Å². The predicted molar refractivity (Wildman–Crippen MR) is 145 cm³/mol. The normalized spacial score (nSPS) is 12.2. The van der Waals surface area contributed by atoms with Crippen LogP contribution in [0.25, 0.3) is 0 Å². The summed E-state index contributed by atoms with van der Waals surface area (Å²) in [4.78, 5) is 12.9. The van der Waals surface area contributed by atoms with Crippen LogP contribution < -0.4 is 28.6 Å². The smallest absolute Gasteiger partial charge is 0.262 e. The lowest BCUT2D eigenvalue weighted by Crippen LogP contribution is -2.45. The summed E-state index contributed by atoms with van der Waals surface area (Å²) < 4.78 is 69.8. The van der Waals surface area contributed by atoms with E-state index in [1.54, 1.807) is 24.3 Å². The number of hydrogen-bond acceptors (Lipinski definition) is 8. The molecule has 0 bridgehead atoms. The molecule has 3 aromatic carbocycles. The molecule has 0 spiro atoms. The highest BCUT2D eigenvalue weighted by Gasteiger charge is 2.29. The number of sulfonamides is 2. The summed E-state index contributed by atoms with van der Waals surface area (Å²) in [6, 6.07) is 15.3. The zero-order valence-corrected chi connectivity index (χ0v) is 23.1. The number of carbonyl (C=O) groups excluding carboxylic acids is 1. The van der Waals surface area contributed by atoms with Gasteiger partial charge in [-0.1, -0.05) is 0 Å². The summed E-state index contributed by atoms with van der Waals surface area (Å²) in [5, 5.41) is 2.63. The molecular formula is C25H29N3O8S2. The van der Waals surface area contributed by atoms with Crippen molar-refractivity contribution in [2.75, 3.05) is 41.9 Å². The fourth-order valence-corrected chi connectivity index (χ4v) is 5.84. The van der Waals surface area contributed by atoms with Gasteiger partial charge in [-0.25, -0.2) is 16.8 Å². The SMILES string of the molecule is COc1ccc(N([C@H](C)C(=O)Nc2ccc(S(=O)(=O)Nc3cc(OC)ccc3OC)cc2)S(C)(=O)=O)cc1. The van der Waals surface area contributed by atoms with Gasteiger partial charge in [-0.05, 0) is 67.6 Å². The van der Waals surface area contributed by atoms with Crippen LogP contribution in [0.3, 0.4) is 0 Å². The Hall–Kier alpha value is -3.97. The van der Waals surface area contributed by atoms with Crippen LogP contribution in [0, 0.1) is 0 Å². The average molecular weight is 564 g/mol. The minimum Gasteiger partial charge on any atom is -0.497 e. The third-order valence-corrected chi connectivity index (χ3v) is 8.12. The maximum absolute atomic E-state index is 13.0. The van der Waals surface area contributed by atoms with E-state index >= 15 is 0 Å². The molecule has 0 aliphatic rings. The number of rotatable bonds is 11. The Bertz CT molecular complexity index is 1490. The molecule has 0 saturated carbocycles. The Kier molecular flexibility index (Phi) is 8.74. The quantitative estimate of drug-likeness (QED) is 0.362. The van der Waals surface area contributed by atoms with Crippen molar-refractivity contribution in [2.24, 2.45) is 0 Å². The van der Waals surface area contributed by atoms with Crippen molar-refractivity contribution < 1.29 is 35.8 Å². The summed E-state index contributed by atoms with van der Waals surface area (Å²) in [6.07, 6.45) is 1.00. The topological polar surface area (TPSA) is 140 Å². The average Bonchev–Trinajstić information content (AvgIpc) is 2.88. The van der Waals surface area contributed by atoms with Crippen molar-refractivity contribution >= 4 is 43.0 Å². The maximum atomic E-state index is 13.0. The zero-order valence-electron chi connectivity index (χ0n) is 21.5. The number of carbonyl (C=O) groups is 1. The third kappa shape index (κ3) is 6.66. The fourth-order valence-electron chi connectivity index (χ4n) is 3.60. The maximum Gasteiger partial charge on any atom is 0.262 e. The highest BCUT2D eigenvalue weighted by molar-refractivity contribution is 7.92. The van der Waals surface area contributed by atoms with Crippen LogP contribution in [0.4, 0.5) is 17.1 Å². The molecule has 0 unspecified atom stereocenters. The van der Waals surface area contributed by atoms with E-state index in [2.05, 4.69) is 10.0 Å². The van der Waals surface area contributed by atoms with Crippen LogP contribution in [-0.4, -0.2) is 56.4 Å². The van der Waals surface area contributed by atoms with Crippen molar-refractivity contribution in [1.29, 1.82) is 0 Å². The summed E-state index contributed by atoms with van der Waals surface area (Å²) in [5.74, 6) is 0.669. The number of anilines is 3. The van der Waals surface area contributed by atoms with Crippen molar-refractivity contribution in [1.82, 2.24) is 0 Å². The van der Waals surface area contributed by atoms with Crippen molar-refractivity contribution in [3.05, 3.63) is 66.7 Å². The molecule has 0 aromatic heterocycles. The monoisotopic (exact) mass is 563 g/mol. The molecule has 204 valence electrons. The second-order valence-electron chi connectivity index (χ2n) is 8.12. The van der Waals surface area contributed by atoms with Crippen LogP contribution in [0.5, 0.6) is 17.2 Å². The van der Waals surface area contributed by atoms with E-state index < -0.39 is 32.0 Å². The predicted octanol–water partition coefficient (Wildman–Crippen LogP) is 3.31. The minimum atomic E-state index is -4.00. The van der Waals surface area contributed by atoms with Gasteiger partial charge in [0.05, 0.1) is 43.9 Å². The van der Waals surface area contributed by atoms with Gasteiger partial charge in [0.25, 0.3) is 10.0 Å². The molecule has 3 aromatic rings. The number of hydrogen-bond donors (Lipinski definition) is 2. The summed E-state index contributed by atoms with van der Waals surface area (Å²) in [6.45, 7) is 1.45. The molecule has 0 fully saturated rings. The lowest BCUT2D eigenvalue weighted by atomic mass is 10.2. The van der Waals surface area contributed by atoms with Crippen LogP contribution >= 0.6 is 0 Å². The van der Waals surface area contributed by atoms with Gasteiger partial charge in [0, 0.05) is 11.8 Å². The summed E-state index contributed by atoms with van der Waals surface area (Å²) in [7, 11) is -3.46. The number of nitrogens with one attached hydrogen (secondary N) is 2. The molecule has 3 rings (SSSR count). The van der Waals surface area contributed by atoms with Crippen LogP contribution in [0.2, 0.25) is 0 Å². The van der Waals surface area contributed by atoms with Gasteiger partial charge < -0.3 is 19.5 Å².